The van der Waals surface area contributed by atoms with Crippen LogP contribution in [0.5, 0.6) is 5.75 Å². The number of aryl methyl sites for hydroxylation is 2. The lowest BCUT2D eigenvalue weighted by Gasteiger charge is -2.31. The van der Waals surface area contributed by atoms with Crippen LogP contribution < -0.4 is 10.3 Å². The fourth-order valence-electron chi connectivity index (χ4n) is 4.43. The molecule has 35 heavy (non-hydrogen) atoms. The van der Waals surface area contributed by atoms with Gasteiger partial charge in [-0.05, 0) is 63.0 Å². The molecule has 0 radical (unpaired) electrons. The van der Waals surface area contributed by atoms with Crippen molar-refractivity contribution in [1.82, 2.24) is 23.8 Å². The van der Waals surface area contributed by atoms with E-state index in [0.717, 1.165) is 37.5 Å². The van der Waals surface area contributed by atoms with Gasteiger partial charge >= 0.3 is 5.97 Å². The second-order valence-electron chi connectivity index (χ2n) is 8.67. The topological polar surface area (TPSA) is 92.2 Å². The minimum atomic E-state index is -0.460. The average molecular weight is 500 g/mol. The first-order valence-electron chi connectivity index (χ1n) is 12.0. The van der Waals surface area contributed by atoms with Gasteiger partial charge in [-0.3, -0.25) is 4.79 Å². The Hall–Kier alpha value is -2.82. The van der Waals surface area contributed by atoms with Gasteiger partial charge in [0.15, 0.2) is 5.82 Å². The SMILES string of the molecule is CCCc1c(C(=O)OC)c(C)c2c(=O)[nH]c(-c3cc(SN4CCN(C)CC4)ccc3OCC)nn12. The number of benzene rings is 1. The summed E-state index contributed by atoms with van der Waals surface area (Å²) in [6.07, 6.45) is 1.38. The fourth-order valence-corrected chi connectivity index (χ4v) is 5.37. The van der Waals surface area contributed by atoms with Gasteiger partial charge in [0, 0.05) is 31.1 Å². The summed E-state index contributed by atoms with van der Waals surface area (Å²) in [5, 5.41) is 4.81. The fraction of sp³-hybridized carbons (Fsp3) is 0.480. The van der Waals surface area contributed by atoms with Crippen molar-refractivity contribution in [1.29, 1.82) is 0 Å². The van der Waals surface area contributed by atoms with E-state index in [1.807, 2.05) is 32.0 Å². The molecule has 4 rings (SSSR count). The van der Waals surface area contributed by atoms with Crippen molar-refractivity contribution >= 4 is 23.4 Å². The number of fused-ring (bicyclic) bond motifs is 1. The highest BCUT2D eigenvalue weighted by molar-refractivity contribution is 7.97. The molecule has 188 valence electrons. The largest absolute Gasteiger partial charge is 0.493 e. The van der Waals surface area contributed by atoms with E-state index in [1.165, 1.54) is 7.11 Å². The number of carbonyl (C=O) groups excluding carboxylic acids is 1. The first-order valence-corrected chi connectivity index (χ1v) is 12.8. The van der Waals surface area contributed by atoms with Crippen LogP contribution in [-0.2, 0) is 11.2 Å². The molecule has 0 aliphatic carbocycles. The highest BCUT2D eigenvalue weighted by Crippen LogP contribution is 2.34. The Morgan fingerprint density at radius 2 is 1.94 bits per heavy atom. The van der Waals surface area contributed by atoms with Gasteiger partial charge in [0.2, 0.25) is 0 Å². The first-order chi connectivity index (χ1) is 16.9. The number of likely N-dealkylation sites (N-methyl/N-ethyl adjacent to an activating group) is 1. The molecule has 0 atom stereocenters. The van der Waals surface area contributed by atoms with Crippen molar-refractivity contribution in [2.24, 2.45) is 0 Å². The number of rotatable bonds is 8. The minimum Gasteiger partial charge on any atom is -0.493 e. The Morgan fingerprint density at radius 3 is 2.60 bits per heavy atom. The van der Waals surface area contributed by atoms with E-state index in [2.05, 4.69) is 21.2 Å². The molecule has 1 aromatic carbocycles. The molecule has 3 heterocycles. The number of esters is 1. The third kappa shape index (κ3) is 5.10. The molecule has 0 spiro atoms. The van der Waals surface area contributed by atoms with Crippen LogP contribution in [0.4, 0.5) is 0 Å². The molecule has 1 aliphatic rings. The molecule has 2 aromatic heterocycles. The lowest BCUT2D eigenvalue weighted by Crippen LogP contribution is -2.40. The number of aromatic amines is 1. The standard InChI is InChI=1S/C25H33N5O4S/c1-6-8-19-21(25(32)33-5)16(3)22-24(31)26-23(27-30(19)22)18-15-17(9-10-20(18)34-7-2)35-29-13-11-28(4)12-14-29/h9-10,15H,6-8,11-14H2,1-5H3,(H,26,27,31). The number of hydrogen-bond donors (Lipinski definition) is 1. The van der Waals surface area contributed by atoms with Crippen molar-refractivity contribution in [2.75, 3.05) is 46.9 Å². The maximum absolute atomic E-state index is 13.2. The van der Waals surface area contributed by atoms with E-state index in [-0.39, 0.29) is 5.56 Å². The van der Waals surface area contributed by atoms with E-state index in [1.54, 1.807) is 23.4 Å². The summed E-state index contributed by atoms with van der Waals surface area (Å²) in [7, 11) is 3.48. The van der Waals surface area contributed by atoms with Crippen molar-refractivity contribution in [3.8, 4) is 17.1 Å². The number of carbonyl (C=O) groups is 1. The number of ether oxygens (including phenoxy) is 2. The zero-order chi connectivity index (χ0) is 25.1. The molecule has 0 amide bonds. The highest BCUT2D eigenvalue weighted by Gasteiger charge is 2.25. The zero-order valence-corrected chi connectivity index (χ0v) is 21.8. The summed E-state index contributed by atoms with van der Waals surface area (Å²) in [5.74, 6) is 0.584. The van der Waals surface area contributed by atoms with Gasteiger partial charge in [0.1, 0.15) is 11.3 Å². The smallest absolute Gasteiger partial charge is 0.340 e. The highest BCUT2D eigenvalue weighted by atomic mass is 32.2. The molecule has 1 N–H and O–H groups in total. The van der Waals surface area contributed by atoms with Gasteiger partial charge in [-0.1, -0.05) is 13.3 Å². The lowest BCUT2D eigenvalue weighted by atomic mass is 10.1. The number of nitrogens with one attached hydrogen (secondary N) is 1. The van der Waals surface area contributed by atoms with Gasteiger partial charge in [-0.25, -0.2) is 13.6 Å². The summed E-state index contributed by atoms with van der Waals surface area (Å²) in [6, 6.07) is 5.97. The molecule has 10 heteroatoms. The van der Waals surface area contributed by atoms with Crippen LogP contribution in [0.25, 0.3) is 16.9 Å². The van der Waals surface area contributed by atoms with E-state index in [9.17, 15) is 9.59 Å². The molecule has 1 fully saturated rings. The van der Waals surface area contributed by atoms with Crippen LogP contribution in [0, 0.1) is 6.92 Å². The van der Waals surface area contributed by atoms with Crippen LogP contribution in [0.2, 0.25) is 0 Å². The second-order valence-corrected chi connectivity index (χ2v) is 9.84. The summed E-state index contributed by atoms with van der Waals surface area (Å²) in [6.45, 7) is 10.2. The monoisotopic (exact) mass is 499 g/mol. The Kier molecular flexibility index (Phi) is 7.83. The number of nitrogens with zero attached hydrogens (tertiary/aromatic N) is 4. The van der Waals surface area contributed by atoms with E-state index in [0.29, 0.717) is 52.5 Å². The summed E-state index contributed by atoms with van der Waals surface area (Å²) in [4.78, 5) is 32.1. The lowest BCUT2D eigenvalue weighted by molar-refractivity contribution is 0.0598. The molecular formula is C25H33N5O4S. The molecule has 1 saturated heterocycles. The van der Waals surface area contributed by atoms with Crippen LogP contribution >= 0.6 is 11.9 Å². The predicted octanol–water partition coefficient (Wildman–Crippen LogP) is 3.39. The van der Waals surface area contributed by atoms with Gasteiger partial charge in [0.25, 0.3) is 5.56 Å². The van der Waals surface area contributed by atoms with Crippen molar-refractivity contribution in [2.45, 2.75) is 38.5 Å². The molecule has 9 nitrogen and oxygen atoms in total. The second kappa shape index (κ2) is 10.8. The molecule has 0 bridgehead atoms. The predicted molar refractivity (Wildman–Crippen MR) is 137 cm³/mol. The number of piperazine rings is 1. The number of hydrogen-bond acceptors (Lipinski definition) is 8. The van der Waals surface area contributed by atoms with Crippen LogP contribution in [0.15, 0.2) is 27.9 Å². The van der Waals surface area contributed by atoms with E-state index in [4.69, 9.17) is 14.6 Å². The van der Waals surface area contributed by atoms with Gasteiger partial charge < -0.3 is 19.4 Å². The van der Waals surface area contributed by atoms with Gasteiger partial charge in [-0.2, -0.15) is 0 Å². The maximum atomic E-state index is 13.2. The first kappa shape index (κ1) is 25.3. The Balaban J connectivity index is 1.83. The third-order valence-corrected chi connectivity index (χ3v) is 7.30. The number of aromatic nitrogens is 3. The van der Waals surface area contributed by atoms with E-state index < -0.39 is 5.97 Å². The molecule has 0 saturated carbocycles. The zero-order valence-electron chi connectivity index (χ0n) is 21.0. The Bertz CT molecular complexity index is 1280. The number of H-pyrrole nitrogens is 1. The van der Waals surface area contributed by atoms with Crippen molar-refractivity contribution in [3.63, 3.8) is 0 Å². The Morgan fingerprint density at radius 1 is 1.20 bits per heavy atom. The summed E-state index contributed by atoms with van der Waals surface area (Å²) >= 11 is 1.70. The quantitative estimate of drug-likeness (QED) is 0.373. The normalized spacial score (nSPS) is 15.0. The van der Waals surface area contributed by atoms with E-state index >= 15 is 0 Å². The minimum absolute atomic E-state index is 0.306. The van der Waals surface area contributed by atoms with Crippen LogP contribution in [0.3, 0.4) is 0 Å². The van der Waals surface area contributed by atoms with Gasteiger partial charge in [0.05, 0.1) is 30.5 Å². The van der Waals surface area contributed by atoms with Crippen molar-refractivity contribution < 1.29 is 14.3 Å². The third-order valence-electron chi connectivity index (χ3n) is 6.21. The summed E-state index contributed by atoms with van der Waals surface area (Å²) in [5.41, 5.74) is 2.43. The van der Waals surface area contributed by atoms with Crippen LogP contribution in [-0.4, -0.2) is 76.7 Å². The van der Waals surface area contributed by atoms with Crippen LogP contribution in [0.1, 0.15) is 41.9 Å². The molecular weight excluding hydrogens is 466 g/mol. The maximum Gasteiger partial charge on any atom is 0.340 e. The molecule has 0 unspecified atom stereocenters. The molecule has 3 aromatic rings. The molecule has 1 aliphatic heterocycles. The average Bonchev–Trinajstić information content (AvgIpc) is 3.13. The summed E-state index contributed by atoms with van der Waals surface area (Å²) < 4.78 is 14.9. The number of methoxy groups -OCH3 is 1. The van der Waals surface area contributed by atoms with Gasteiger partial charge in [-0.15, -0.1) is 5.10 Å². The Labute approximate surface area is 209 Å². The van der Waals surface area contributed by atoms with Crippen molar-refractivity contribution in [3.05, 3.63) is 45.4 Å².